The zero-order chi connectivity index (χ0) is 36.0. The van der Waals surface area contributed by atoms with Crippen LogP contribution in [0, 0.1) is 25.3 Å². The van der Waals surface area contributed by atoms with Gasteiger partial charge < -0.3 is 15.2 Å². The van der Waals surface area contributed by atoms with E-state index in [4.69, 9.17) is 10.00 Å². The predicted octanol–water partition coefficient (Wildman–Crippen LogP) is 4.28. The molecule has 18 heteroatoms. The molecular formula is C32H27N9O8S. The number of azo groups is 2. The highest BCUT2D eigenvalue weighted by atomic mass is 32.2. The van der Waals surface area contributed by atoms with Crippen LogP contribution in [0.15, 0.2) is 97.1 Å². The summed E-state index contributed by atoms with van der Waals surface area (Å²) in [5, 5.41) is 42.8. The van der Waals surface area contributed by atoms with E-state index in [0.717, 1.165) is 5.39 Å². The average Bonchev–Trinajstić information content (AvgIpc) is 3.07. The smallest absolute Gasteiger partial charge is 0.294 e. The number of nitriles is 1. The normalized spacial score (nSPS) is 14.8. The molecule has 0 spiro atoms. The van der Waals surface area contributed by atoms with Crippen LogP contribution >= 0.6 is 0 Å². The Hall–Kier alpha value is -6.42. The molecule has 1 fully saturated rings. The topological polar surface area (TPSA) is 257 Å². The first-order chi connectivity index (χ1) is 23.9. The Morgan fingerprint density at radius 2 is 1.64 bits per heavy atom. The minimum absolute atomic E-state index is 0.0683. The summed E-state index contributed by atoms with van der Waals surface area (Å²) in [5.74, 6) is -2.21. The lowest BCUT2D eigenvalue weighted by Gasteiger charge is -2.18. The van der Waals surface area contributed by atoms with E-state index < -0.39 is 33.9 Å². The summed E-state index contributed by atoms with van der Waals surface area (Å²) >= 11 is 0. The molecule has 4 aromatic carbocycles. The van der Waals surface area contributed by atoms with Gasteiger partial charge in [0, 0.05) is 11.6 Å². The first-order valence-electron chi connectivity index (χ1n) is 14.6. The monoisotopic (exact) mass is 697 g/mol. The fourth-order valence-electron chi connectivity index (χ4n) is 4.71. The maximum absolute atomic E-state index is 13.1. The lowest BCUT2D eigenvalue weighted by atomic mass is 10.1. The van der Waals surface area contributed by atoms with Crippen molar-refractivity contribution in [3.8, 4) is 11.9 Å². The van der Waals surface area contributed by atoms with Gasteiger partial charge in [-0.3, -0.25) is 29.6 Å². The highest BCUT2D eigenvalue weighted by Gasteiger charge is 2.33. The number of anilines is 1. The lowest BCUT2D eigenvalue weighted by Crippen LogP contribution is -2.58. The number of ether oxygens (including phenoxy) is 1. The second-order valence-electron chi connectivity index (χ2n) is 10.7. The zero-order valence-electron chi connectivity index (χ0n) is 26.3. The number of nitrogens with zero attached hydrogens (tertiary/aromatic N) is 6. The van der Waals surface area contributed by atoms with Crippen LogP contribution in [0.2, 0.25) is 0 Å². The van der Waals surface area contributed by atoms with Crippen LogP contribution in [0.25, 0.3) is 10.8 Å². The molecule has 5 N–H and O–H groups in total. The Labute approximate surface area is 284 Å². The van der Waals surface area contributed by atoms with Crippen molar-refractivity contribution in [2.45, 2.75) is 24.8 Å². The van der Waals surface area contributed by atoms with E-state index in [2.05, 4.69) is 41.4 Å². The van der Waals surface area contributed by atoms with Crippen LogP contribution in [0.5, 0.6) is 5.75 Å². The van der Waals surface area contributed by atoms with Crippen molar-refractivity contribution in [1.82, 2.24) is 10.6 Å². The molecule has 3 amide bonds. The SMILES string of the molecule is Cc1cc(NC(=O)c2ccc(N=NC3C(=O)NC(=NC#N)NC3=O)cc2)c(OCCO)cc1N=Nc1ccc2cc(S(=O)(=O)O)cc(C)c2c1. The Bertz CT molecular complexity index is 2240. The number of guanidine groups is 1. The number of aliphatic hydroxyl groups is 1. The van der Waals surface area contributed by atoms with Crippen molar-refractivity contribution in [3.63, 3.8) is 0 Å². The van der Waals surface area contributed by atoms with Gasteiger partial charge >= 0.3 is 0 Å². The van der Waals surface area contributed by atoms with E-state index in [1.165, 1.54) is 42.6 Å². The number of fused-ring (bicyclic) bond motifs is 1. The Balaban J connectivity index is 1.31. The molecule has 254 valence electrons. The maximum Gasteiger partial charge on any atom is 0.294 e. The van der Waals surface area contributed by atoms with Crippen LogP contribution in [0.1, 0.15) is 21.5 Å². The molecule has 0 unspecified atom stereocenters. The fourth-order valence-corrected chi connectivity index (χ4v) is 5.31. The fraction of sp³-hybridized carbons (Fsp3) is 0.156. The quantitative estimate of drug-likeness (QED) is 0.0685. The number of nitrogens with one attached hydrogen (secondary N) is 3. The number of benzene rings is 4. The van der Waals surface area contributed by atoms with Gasteiger partial charge in [-0.2, -0.15) is 34.1 Å². The first-order valence-corrected chi connectivity index (χ1v) is 16.0. The van der Waals surface area contributed by atoms with Gasteiger partial charge in [0.2, 0.25) is 18.2 Å². The van der Waals surface area contributed by atoms with E-state index in [-0.39, 0.29) is 41.1 Å². The molecule has 0 aromatic heterocycles. The number of carbonyl (C=O) groups is 3. The van der Waals surface area contributed by atoms with Crippen LogP contribution < -0.4 is 20.7 Å². The Morgan fingerprint density at radius 1 is 0.940 bits per heavy atom. The van der Waals surface area contributed by atoms with E-state index in [0.29, 0.717) is 33.6 Å². The van der Waals surface area contributed by atoms with Gasteiger partial charge in [0.05, 0.1) is 34.3 Å². The number of aliphatic hydroxyl groups excluding tert-OH is 1. The summed E-state index contributed by atoms with van der Waals surface area (Å²) in [5.41, 5.74) is 2.92. The molecule has 0 atom stereocenters. The number of rotatable bonds is 10. The summed E-state index contributed by atoms with van der Waals surface area (Å²) in [6, 6.07) is 15.3. The molecular weight excluding hydrogens is 670 g/mol. The third kappa shape index (κ3) is 8.16. The summed E-state index contributed by atoms with van der Waals surface area (Å²) in [4.78, 5) is 40.5. The molecule has 17 nitrogen and oxygen atoms in total. The van der Waals surface area contributed by atoms with Gasteiger partial charge in [0.25, 0.3) is 27.8 Å². The largest absolute Gasteiger partial charge is 0.489 e. The molecule has 0 bridgehead atoms. The highest BCUT2D eigenvalue weighted by Crippen LogP contribution is 2.35. The van der Waals surface area contributed by atoms with Crippen molar-refractivity contribution >= 4 is 67.3 Å². The van der Waals surface area contributed by atoms with Gasteiger partial charge in [-0.1, -0.05) is 6.07 Å². The number of hydrogen-bond donors (Lipinski definition) is 5. The zero-order valence-corrected chi connectivity index (χ0v) is 27.1. The molecule has 1 saturated heterocycles. The number of aliphatic imine (C=N–C) groups is 1. The molecule has 1 aliphatic heterocycles. The van der Waals surface area contributed by atoms with Crippen LogP contribution in [0.4, 0.5) is 22.7 Å². The van der Waals surface area contributed by atoms with Gasteiger partial charge in [-0.25, -0.2) is 0 Å². The molecule has 5 rings (SSSR count). The molecule has 1 heterocycles. The van der Waals surface area contributed by atoms with Gasteiger partial charge in [0.15, 0.2) is 0 Å². The summed E-state index contributed by atoms with van der Waals surface area (Å²) in [6.07, 6.45) is 1.45. The standard InChI is InChI=1S/C32H27N9O8S/c1-17-11-23(50(46,47)48)13-20-5-8-22(14-24(17)20)39-40-25-15-27(49-10-9-42)26(12-18(25)2)35-29(43)19-3-6-21(7-4-19)38-41-28-30(44)36-32(34-16-33)37-31(28)45/h3-8,11-15,28,42H,9-10H2,1-2H3,(H,35,43)(H,46,47,48)(H2,34,36,37,44,45). The third-order valence-corrected chi connectivity index (χ3v) is 7.98. The van der Waals surface area contributed by atoms with Crippen molar-refractivity contribution in [3.05, 3.63) is 83.4 Å². The van der Waals surface area contributed by atoms with E-state index in [1.807, 2.05) is 0 Å². The van der Waals surface area contributed by atoms with Gasteiger partial charge in [0.1, 0.15) is 12.4 Å². The van der Waals surface area contributed by atoms with Gasteiger partial charge in [-0.15, -0.1) is 4.99 Å². The number of amides is 3. The van der Waals surface area contributed by atoms with Crippen molar-refractivity contribution in [1.29, 1.82) is 5.26 Å². The Kier molecular flexibility index (Phi) is 10.3. The summed E-state index contributed by atoms with van der Waals surface area (Å²) in [6.45, 7) is 3.11. The number of carbonyl (C=O) groups excluding carboxylic acids is 3. The summed E-state index contributed by atoms with van der Waals surface area (Å²) in [7, 11) is -4.36. The second kappa shape index (κ2) is 14.8. The number of aryl methyl sites for hydroxylation is 2. The molecule has 0 saturated carbocycles. The van der Waals surface area contributed by atoms with E-state index >= 15 is 0 Å². The molecule has 0 aliphatic carbocycles. The van der Waals surface area contributed by atoms with Crippen molar-refractivity contribution in [2.75, 3.05) is 18.5 Å². The third-order valence-electron chi connectivity index (χ3n) is 7.14. The minimum Gasteiger partial charge on any atom is -0.489 e. The van der Waals surface area contributed by atoms with Crippen LogP contribution in [0.3, 0.4) is 0 Å². The molecule has 4 aromatic rings. The summed E-state index contributed by atoms with van der Waals surface area (Å²) < 4.78 is 38.3. The van der Waals surface area contributed by atoms with Crippen LogP contribution in [-0.2, 0) is 19.7 Å². The molecule has 0 radical (unpaired) electrons. The second-order valence-corrected chi connectivity index (χ2v) is 12.1. The molecule has 50 heavy (non-hydrogen) atoms. The maximum atomic E-state index is 13.1. The predicted molar refractivity (Wildman–Crippen MR) is 178 cm³/mol. The van der Waals surface area contributed by atoms with Crippen molar-refractivity contribution < 1.29 is 37.2 Å². The van der Waals surface area contributed by atoms with Crippen LogP contribution in [-0.4, -0.2) is 61.0 Å². The first kappa shape index (κ1) is 34.9. The number of hydrogen-bond acceptors (Lipinski definition) is 13. The minimum atomic E-state index is -4.36. The van der Waals surface area contributed by atoms with E-state index in [1.54, 1.807) is 44.2 Å². The Morgan fingerprint density at radius 3 is 2.30 bits per heavy atom. The van der Waals surface area contributed by atoms with E-state index in [9.17, 15) is 32.5 Å². The van der Waals surface area contributed by atoms with Crippen molar-refractivity contribution in [2.24, 2.45) is 25.4 Å². The lowest BCUT2D eigenvalue weighted by molar-refractivity contribution is -0.131. The van der Waals surface area contributed by atoms with Gasteiger partial charge in [-0.05, 0) is 90.3 Å². The highest BCUT2D eigenvalue weighted by molar-refractivity contribution is 7.85. The molecule has 1 aliphatic rings. The average molecular weight is 698 g/mol.